The van der Waals surface area contributed by atoms with Crippen molar-refractivity contribution in [2.75, 3.05) is 11.1 Å². The summed E-state index contributed by atoms with van der Waals surface area (Å²) >= 11 is 0.966. The Kier molecular flexibility index (Phi) is 4.06. The van der Waals surface area contributed by atoms with Crippen molar-refractivity contribution in [1.82, 2.24) is 20.2 Å². The Hall–Kier alpha value is -2.75. The summed E-state index contributed by atoms with van der Waals surface area (Å²) in [7, 11) is 0. The van der Waals surface area contributed by atoms with Crippen molar-refractivity contribution >= 4 is 34.4 Å². The summed E-state index contributed by atoms with van der Waals surface area (Å²) in [4.78, 5) is 30.1. The van der Waals surface area contributed by atoms with E-state index in [1.165, 1.54) is 6.20 Å². The molecule has 0 fully saturated rings. The maximum absolute atomic E-state index is 13.4. The highest BCUT2D eigenvalue weighted by Gasteiger charge is 2.11. The second-order valence-corrected chi connectivity index (χ2v) is 5.43. The summed E-state index contributed by atoms with van der Waals surface area (Å²) in [6.45, 7) is 0. The number of carbonyl (C=O) groups excluding carboxylic acids is 1. The highest BCUT2D eigenvalue weighted by molar-refractivity contribution is 7.99. The number of hydrogen-bond donors (Lipinski definition) is 3. The fourth-order valence-electron chi connectivity index (χ4n) is 1.80. The van der Waals surface area contributed by atoms with Crippen LogP contribution in [0.1, 0.15) is 0 Å². The third-order valence-electron chi connectivity index (χ3n) is 2.84. The lowest BCUT2D eigenvalue weighted by molar-refractivity contribution is -0.113. The van der Waals surface area contributed by atoms with Gasteiger partial charge in [0, 0.05) is 6.07 Å². The summed E-state index contributed by atoms with van der Waals surface area (Å²) in [5.41, 5.74) is -0.194. The van der Waals surface area contributed by atoms with Crippen molar-refractivity contribution < 1.29 is 13.6 Å². The Balaban J connectivity index is 1.67. The van der Waals surface area contributed by atoms with E-state index in [0.717, 1.165) is 23.9 Å². The van der Waals surface area contributed by atoms with Gasteiger partial charge >= 0.3 is 0 Å². The molecule has 1 aromatic carbocycles. The van der Waals surface area contributed by atoms with Crippen LogP contribution in [0.25, 0.3) is 11.0 Å². The molecule has 2 aromatic heterocycles. The molecule has 2 heterocycles. The molecule has 0 spiro atoms. The fourth-order valence-corrected chi connectivity index (χ4v) is 2.46. The Bertz CT molecular complexity index is 940. The number of anilines is 1. The average molecular weight is 337 g/mol. The van der Waals surface area contributed by atoms with E-state index >= 15 is 0 Å². The smallest absolute Gasteiger partial charge is 0.262 e. The molecule has 0 saturated heterocycles. The van der Waals surface area contributed by atoms with Gasteiger partial charge in [0.15, 0.2) is 10.8 Å². The number of fused-ring (bicyclic) bond motifs is 1. The highest BCUT2D eigenvalue weighted by Crippen LogP contribution is 2.17. The largest absolute Gasteiger partial charge is 0.323 e. The molecule has 0 unspecified atom stereocenters. The molecule has 0 aliphatic rings. The van der Waals surface area contributed by atoms with E-state index < -0.39 is 17.5 Å². The lowest BCUT2D eigenvalue weighted by atomic mass is 10.3. The van der Waals surface area contributed by atoms with Crippen LogP contribution in [0.3, 0.4) is 0 Å². The zero-order chi connectivity index (χ0) is 16.4. The molecule has 7 nitrogen and oxygen atoms in total. The average Bonchev–Trinajstić information content (AvgIpc) is 2.97. The predicted molar refractivity (Wildman–Crippen MR) is 80.2 cm³/mol. The topological polar surface area (TPSA) is 104 Å². The van der Waals surface area contributed by atoms with Crippen LogP contribution < -0.4 is 10.9 Å². The number of aromatic nitrogens is 4. The van der Waals surface area contributed by atoms with Gasteiger partial charge in [-0.2, -0.15) is 5.10 Å². The van der Waals surface area contributed by atoms with Crippen LogP contribution in [0.4, 0.5) is 14.5 Å². The SMILES string of the molecule is O=C(CSc1nc2[nH]ncc2c(=O)[nH]1)Nc1ccc(F)cc1F. The molecule has 0 aliphatic heterocycles. The van der Waals surface area contributed by atoms with E-state index in [9.17, 15) is 18.4 Å². The van der Waals surface area contributed by atoms with E-state index in [-0.39, 0.29) is 22.2 Å². The van der Waals surface area contributed by atoms with Gasteiger partial charge in [-0.05, 0) is 12.1 Å². The van der Waals surface area contributed by atoms with Gasteiger partial charge in [-0.3, -0.25) is 14.7 Å². The van der Waals surface area contributed by atoms with Crippen molar-refractivity contribution in [1.29, 1.82) is 0 Å². The number of rotatable bonds is 4. The summed E-state index contributed by atoms with van der Waals surface area (Å²) < 4.78 is 26.2. The summed E-state index contributed by atoms with van der Waals surface area (Å²) in [5.74, 6) is -2.23. The lowest BCUT2D eigenvalue weighted by Crippen LogP contribution is -2.16. The fraction of sp³-hybridized carbons (Fsp3) is 0.0769. The van der Waals surface area contributed by atoms with Crippen LogP contribution in [-0.4, -0.2) is 31.8 Å². The van der Waals surface area contributed by atoms with Gasteiger partial charge in [0.2, 0.25) is 5.91 Å². The van der Waals surface area contributed by atoms with Crippen molar-refractivity contribution in [3.05, 3.63) is 46.4 Å². The Morgan fingerprint density at radius 3 is 2.96 bits per heavy atom. The van der Waals surface area contributed by atoms with E-state index in [2.05, 4.69) is 25.5 Å². The Morgan fingerprint density at radius 1 is 1.35 bits per heavy atom. The number of carbonyl (C=O) groups is 1. The van der Waals surface area contributed by atoms with Gasteiger partial charge in [-0.1, -0.05) is 11.8 Å². The number of nitrogens with one attached hydrogen (secondary N) is 3. The van der Waals surface area contributed by atoms with Crippen LogP contribution in [0.5, 0.6) is 0 Å². The highest BCUT2D eigenvalue weighted by atomic mass is 32.2. The molecular weight excluding hydrogens is 328 g/mol. The van der Waals surface area contributed by atoms with Gasteiger partial charge in [-0.15, -0.1) is 0 Å². The maximum Gasteiger partial charge on any atom is 0.262 e. The number of H-pyrrole nitrogens is 2. The Labute approximate surface area is 131 Å². The number of thioether (sulfide) groups is 1. The van der Waals surface area contributed by atoms with Crippen LogP contribution in [-0.2, 0) is 4.79 Å². The molecule has 3 N–H and O–H groups in total. The first-order valence-electron chi connectivity index (χ1n) is 6.34. The maximum atomic E-state index is 13.4. The quantitative estimate of drug-likeness (QED) is 0.496. The number of benzene rings is 1. The van der Waals surface area contributed by atoms with Gasteiger partial charge in [0.05, 0.1) is 17.6 Å². The van der Waals surface area contributed by atoms with Crippen molar-refractivity contribution in [2.24, 2.45) is 0 Å². The molecule has 10 heteroatoms. The molecule has 3 rings (SSSR count). The number of amides is 1. The number of aromatic amines is 2. The summed E-state index contributed by atoms with van der Waals surface area (Å²) in [5, 5.41) is 9.11. The molecule has 23 heavy (non-hydrogen) atoms. The minimum absolute atomic E-state index is 0.112. The molecule has 118 valence electrons. The van der Waals surface area contributed by atoms with Gasteiger partial charge in [-0.25, -0.2) is 13.8 Å². The second kappa shape index (κ2) is 6.16. The van der Waals surface area contributed by atoms with Crippen molar-refractivity contribution in [3.8, 4) is 0 Å². The van der Waals surface area contributed by atoms with Gasteiger partial charge < -0.3 is 10.3 Å². The third kappa shape index (κ3) is 3.37. The Morgan fingerprint density at radius 2 is 2.17 bits per heavy atom. The monoisotopic (exact) mass is 337 g/mol. The first-order valence-corrected chi connectivity index (χ1v) is 7.32. The zero-order valence-corrected chi connectivity index (χ0v) is 12.2. The molecule has 0 atom stereocenters. The number of halogens is 2. The molecule has 0 bridgehead atoms. The van der Waals surface area contributed by atoms with Gasteiger partial charge in [0.25, 0.3) is 5.56 Å². The van der Waals surface area contributed by atoms with Crippen LogP contribution in [0.15, 0.2) is 34.3 Å². The summed E-state index contributed by atoms with van der Waals surface area (Å²) in [6, 6.07) is 2.84. The van der Waals surface area contributed by atoms with Gasteiger partial charge in [0.1, 0.15) is 17.0 Å². The van der Waals surface area contributed by atoms with Crippen LogP contribution in [0, 0.1) is 11.6 Å². The molecule has 0 saturated carbocycles. The zero-order valence-electron chi connectivity index (χ0n) is 11.4. The standard InChI is InChI=1S/C13H9F2N5O2S/c14-6-1-2-9(8(15)3-6)17-10(21)5-23-13-18-11-7(4-16-20-11)12(22)19-13/h1-4H,5H2,(H,17,21)(H2,16,18,19,20,22). The van der Waals surface area contributed by atoms with E-state index in [1.807, 2.05) is 0 Å². The van der Waals surface area contributed by atoms with Crippen molar-refractivity contribution in [2.45, 2.75) is 5.16 Å². The van der Waals surface area contributed by atoms with Crippen LogP contribution in [0.2, 0.25) is 0 Å². The van der Waals surface area contributed by atoms with E-state index in [1.54, 1.807) is 0 Å². The van der Waals surface area contributed by atoms with E-state index in [4.69, 9.17) is 0 Å². The minimum atomic E-state index is -0.867. The molecular formula is C13H9F2N5O2S. The van der Waals surface area contributed by atoms with Crippen molar-refractivity contribution in [3.63, 3.8) is 0 Å². The number of nitrogens with zero attached hydrogens (tertiary/aromatic N) is 2. The first kappa shape index (κ1) is 15.2. The lowest BCUT2D eigenvalue weighted by Gasteiger charge is -2.06. The molecule has 0 aliphatic carbocycles. The predicted octanol–water partition coefficient (Wildman–Crippen LogP) is 1.66. The number of hydrogen-bond acceptors (Lipinski definition) is 5. The van der Waals surface area contributed by atoms with Crippen LogP contribution >= 0.6 is 11.8 Å². The normalized spacial score (nSPS) is 10.9. The van der Waals surface area contributed by atoms with E-state index in [0.29, 0.717) is 17.1 Å². The first-order chi connectivity index (χ1) is 11.0. The summed E-state index contributed by atoms with van der Waals surface area (Å²) in [6.07, 6.45) is 1.35. The molecule has 3 aromatic rings. The minimum Gasteiger partial charge on any atom is -0.323 e. The third-order valence-corrected chi connectivity index (χ3v) is 3.72. The second-order valence-electron chi connectivity index (χ2n) is 4.46. The molecule has 0 radical (unpaired) electrons. The molecule has 1 amide bonds.